The molecule has 1 unspecified atom stereocenters. The van der Waals surface area contributed by atoms with Gasteiger partial charge in [-0.3, -0.25) is 9.59 Å². The SMILES string of the molecule is CC(NC(=O)NC(C(N)=O)C(N)=O)c1cccs1. The number of hydrogen-bond donors (Lipinski definition) is 4. The summed E-state index contributed by atoms with van der Waals surface area (Å²) < 4.78 is 0. The highest BCUT2D eigenvalue weighted by atomic mass is 32.1. The van der Waals surface area contributed by atoms with Crippen LogP contribution in [0.2, 0.25) is 0 Å². The van der Waals surface area contributed by atoms with E-state index in [0.717, 1.165) is 4.88 Å². The summed E-state index contributed by atoms with van der Waals surface area (Å²) in [7, 11) is 0. The van der Waals surface area contributed by atoms with Crippen LogP contribution in [0.5, 0.6) is 0 Å². The summed E-state index contributed by atoms with van der Waals surface area (Å²) in [5, 5.41) is 6.56. The molecule has 1 aromatic rings. The van der Waals surface area contributed by atoms with Gasteiger partial charge in [0.15, 0.2) is 6.04 Å². The Labute approximate surface area is 108 Å². The Morgan fingerprint density at radius 1 is 1.22 bits per heavy atom. The molecule has 0 aliphatic rings. The van der Waals surface area contributed by atoms with Gasteiger partial charge >= 0.3 is 6.03 Å². The minimum Gasteiger partial charge on any atom is -0.367 e. The van der Waals surface area contributed by atoms with Crippen LogP contribution in [-0.4, -0.2) is 23.9 Å². The number of amides is 4. The van der Waals surface area contributed by atoms with Gasteiger partial charge in [0, 0.05) is 4.88 Å². The van der Waals surface area contributed by atoms with Crippen LogP contribution >= 0.6 is 11.3 Å². The maximum atomic E-state index is 11.5. The van der Waals surface area contributed by atoms with Gasteiger partial charge in [-0.15, -0.1) is 11.3 Å². The third-order valence-electron chi connectivity index (χ3n) is 2.16. The summed E-state index contributed by atoms with van der Waals surface area (Å²) >= 11 is 1.48. The fraction of sp³-hybridized carbons (Fsp3) is 0.300. The zero-order chi connectivity index (χ0) is 13.7. The molecule has 7 nitrogen and oxygen atoms in total. The Balaban J connectivity index is 2.56. The molecule has 0 aliphatic carbocycles. The Hall–Kier alpha value is -2.09. The third-order valence-corrected chi connectivity index (χ3v) is 3.22. The van der Waals surface area contributed by atoms with Crippen molar-refractivity contribution in [3.8, 4) is 0 Å². The summed E-state index contributed by atoms with van der Waals surface area (Å²) in [6.45, 7) is 1.77. The second-order valence-corrected chi connectivity index (χ2v) is 4.57. The standard InChI is InChI=1S/C10H14N4O3S/c1-5(6-3-2-4-18-6)13-10(17)14-7(8(11)15)9(12)16/h2-5,7H,1H3,(H2,11,15)(H2,12,16)(H2,13,14,17). The highest BCUT2D eigenvalue weighted by Crippen LogP contribution is 2.17. The molecule has 18 heavy (non-hydrogen) atoms. The van der Waals surface area contributed by atoms with Gasteiger partial charge in [0.1, 0.15) is 0 Å². The zero-order valence-corrected chi connectivity index (χ0v) is 10.5. The van der Waals surface area contributed by atoms with E-state index in [1.54, 1.807) is 6.92 Å². The monoisotopic (exact) mass is 270 g/mol. The largest absolute Gasteiger partial charge is 0.367 e. The van der Waals surface area contributed by atoms with Gasteiger partial charge in [0.25, 0.3) is 0 Å². The van der Waals surface area contributed by atoms with Crippen molar-refractivity contribution in [2.24, 2.45) is 11.5 Å². The van der Waals surface area contributed by atoms with Crippen molar-refractivity contribution in [3.63, 3.8) is 0 Å². The normalized spacial score (nSPS) is 11.9. The van der Waals surface area contributed by atoms with E-state index in [0.29, 0.717) is 0 Å². The fourth-order valence-corrected chi connectivity index (χ4v) is 2.00. The van der Waals surface area contributed by atoms with E-state index in [9.17, 15) is 14.4 Å². The van der Waals surface area contributed by atoms with Gasteiger partial charge in [-0.05, 0) is 18.4 Å². The lowest BCUT2D eigenvalue weighted by atomic mass is 10.2. The molecule has 4 amide bonds. The molecule has 1 heterocycles. The minimum absolute atomic E-state index is 0.244. The van der Waals surface area contributed by atoms with Crippen molar-refractivity contribution < 1.29 is 14.4 Å². The van der Waals surface area contributed by atoms with E-state index in [1.807, 2.05) is 17.5 Å². The molecular weight excluding hydrogens is 256 g/mol. The average Bonchev–Trinajstić information content (AvgIpc) is 2.78. The number of hydrogen-bond acceptors (Lipinski definition) is 4. The third kappa shape index (κ3) is 3.74. The van der Waals surface area contributed by atoms with Crippen LogP contribution in [-0.2, 0) is 9.59 Å². The summed E-state index contributed by atoms with van der Waals surface area (Å²) in [5.74, 6) is -2.00. The summed E-state index contributed by atoms with van der Waals surface area (Å²) in [6, 6.07) is 1.27. The van der Waals surface area contributed by atoms with E-state index in [-0.39, 0.29) is 6.04 Å². The minimum atomic E-state index is -1.51. The Bertz CT molecular complexity index is 432. The average molecular weight is 270 g/mol. The van der Waals surface area contributed by atoms with Gasteiger partial charge in [-0.1, -0.05) is 6.07 Å². The van der Waals surface area contributed by atoms with Gasteiger partial charge in [0.05, 0.1) is 6.04 Å². The van der Waals surface area contributed by atoms with E-state index in [2.05, 4.69) is 10.6 Å². The predicted octanol–water partition coefficient (Wildman–Crippen LogP) is -0.552. The first-order valence-corrected chi connectivity index (χ1v) is 5.99. The van der Waals surface area contributed by atoms with Crippen molar-refractivity contribution in [1.29, 1.82) is 0 Å². The van der Waals surface area contributed by atoms with Crippen LogP contribution in [0.15, 0.2) is 17.5 Å². The van der Waals surface area contributed by atoms with Crippen LogP contribution in [0.1, 0.15) is 17.8 Å². The highest BCUT2D eigenvalue weighted by molar-refractivity contribution is 7.10. The van der Waals surface area contributed by atoms with Crippen LogP contribution in [0.4, 0.5) is 4.79 Å². The number of urea groups is 1. The number of carbonyl (C=O) groups is 3. The molecule has 1 atom stereocenters. The number of nitrogens with one attached hydrogen (secondary N) is 2. The quantitative estimate of drug-likeness (QED) is 0.536. The number of thiophene rings is 1. The Kier molecular flexibility index (Phi) is 4.67. The predicted molar refractivity (Wildman–Crippen MR) is 66.6 cm³/mol. The maximum Gasteiger partial charge on any atom is 0.316 e. The van der Waals surface area contributed by atoms with Crippen molar-refractivity contribution in [1.82, 2.24) is 10.6 Å². The van der Waals surface area contributed by atoms with Gasteiger partial charge in [-0.25, -0.2) is 4.79 Å². The molecule has 98 valence electrons. The molecule has 0 aliphatic heterocycles. The maximum absolute atomic E-state index is 11.5. The van der Waals surface area contributed by atoms with Crippen LogP contribution in [0, 0.1) is 0 Å². The Morgan fingerprint density at radius 3 is 2.28 bits per heavy atom. The van der Waals surface area contributed by atoms with Crippen molar-refractivity contribution in [3.05, 3.63) is 22.4 Å². The second-order valence-electron chi connectivity index (χ2n) is 3.59. The van der Waals surface area contributed by atoms with E-state index >= 15 is 0 Å². The molecule has 0 bridgehead atoms. The smallest absolute Gasteiger partial charge is 0.316 e. The molecule has 6 N–H and O–H groups in total. The molecule has 1 rings (SSSR count). The fourth-order valence-electron chi connectivity index (χ4n) is 1.26. The molecule has 0 saturated carbocycles. The molecule has 0 saturated heterocycles. The summed E-state index contributed by atoms with van der Waals surface area (Å²) in [6.07, 6.45) is 0. The van der Waals surface area contributed by atoms with Gasteiger partial charge in [-0.2, -0.15) is 0 Å². The van der Waals surface area contributed by atoms with Crippen LogP contribution in [0.25, 0.3) is 0 Å². The number of primary amides is 2. The lowest BCUT2D eigenvalue weighted by molar-refractivity contribution is -0.128. The second kappa shape index (κ2) is 6.01. The molecule has 8 heteroatoms. The highest BCUT2D eigenvalue weighted by Gasteiger charge is 2.24. The van der Waals surface area contributed by atoms with Crippen LogP contribution in [0.3, 0.4) is 0 Å². The molecular formula is C10H14N4O3S. The van der Waals surface area contributed by atoms with Gasteiger partial charge in [0.2, 0.25) is 11.8 Å². The first-order valence-electron chi connectivity index (χ1n) is 5.11. The number of rotatable bonds is 5. The number of carbonyl (C=O) groups excluding carboxylic acids is 3. The molecule has 0 spiro atoms. The number of nitrogens with two attached hydrogens (primary N) is 2. The Morgan fingerprint density at radius 2 is 1.83 bits per heavy atom. The molecule has 0 fully saturated rings. The van der Waals surface area contributed by atoms with E-state index in [4.69, 9.17) is 11.5 Å². The lowest BCUT2D eigenvalue weighted by Gasteiger charge is -2.16. The van der Waals surface area contributed by atoms with E-state index < -0.39 is 23.9 Å². The topological polar surface area (TPSA) is 127 Å². The zero-order valence-electron chi connectivity index (χ0n) is 9.67. The molecule has 1 aromatic heterocycles. The summed E-state index contributed by atoms with van der Waals surface area (Å²) in [4.78, 5) is 34.2. The molecule has 0 radical (unpaired) electrons. The summed E-state index contributed by atoms with van der Waals surface area (Å²) in [5.41, 5.74) is 9.86. The van der Waals surface area contributed by atoms with Crippen molar-refractivity contribution in [2.45, 2.75) is 19.0 Å². The van der Waals surface area contributed by atoms with Crippen molar-refractivity contribution in [2.75, 3.05) is 0 Å². The lowest BCUT2D eigenvalue weighted by Crippen LogP contribution is -2.55. The first kappa shape index (κ1) is 14.0. The van der Waals surface area contributed by atoms with E-state index in [1.165, 1.54) is 11.3 Å². The van der Waals surface area contributed by atoms with Crippen LogP contribution < -0.4 is 22.1 Å². The van der Waals surface area contributed by atoms with Crippen molar-refractivity contribution >= 4 is 29.2 Å². The first-order chi connectivity index (χ1) is 8.41. The molecule has 0 aromatic carbocycles. The van der Waals surface area contributed by atoms with Gasteiger partial charge < -0.3 is 22.1 Å².